The molecule has 0 spiro atoms. The van der Waals surface area contributed by atoms with Gasteiger partial charge in [-0.1, -0.05) is 36.4 Å². The minimum Gasteiger partial charge on any atom is -0.303 e. The molecule has 0 N–H and O–H groups in total. The normalized spacial score (nSPS) is 19.1. The molecule has 1 aliphatic rings. The Morgan fingerprint density at radius 3 is 2.71 bits per heavy atom. The van der Waals surface area contributed by atoms with E-state index in [-0.39, 0.29) is 11.6 Å². The first kappa shape index (κ1) is 13.7. The Bertz CT molecular complexity index is 745. The number of aryl methyl sites for hydroxylation is 1. The number of ketones is 2. The summed E-state index contributed by atoms with van der Waals surface area (Å²) in [6, 6.07) is 11.7. The van der Waals surface area contributed by atoms with Crippen molar-refractivity contribution in [2.45, 2.75) is 19.8 Å². The second kappa shape index (κ2) is 5.24. The Morgan fingerprint density at radius 2 is 2.00 bits per heavy atom. The first-order chi connectivity index (χ1) is 10.1. The highest BCUT2D eigenvalue weighted by Gasteiger charge is 2.36. The van der Waals surface area contributed by atoms with Crippen LogP contribution in [-0.2, 0) is 16.0 Å². The zero-order valence-electron chi connectivity index (χ0n) is 11.8. The fourth-order valence-corrected chi connectivity index (χ4v) is 3.26. The minimum atomic E-state index is -0.815. The van der Waals surface area contributed by atoms with Crippen LogP contribution in [0, 0.1) is 11.8 Å². The van der Waals surface area contributed by atoms with Crippen molar-refractivity contribution in [1.82, 2.24) is 0 Å². The van der Waals surface area contributed by atoms with Crippen molar-refractivity contribution < 1.29 is 14.4 Å². The topological polar surface area (TPSA) is 51.2 Å². The van der Waals surface area contributed by atoms with Gasteiger partial charge in [0.25, 0.3) is 0 Å². The van der Waals surface area contributed by atoms with Gasteiger partial charge in [-0.2, -0.15) is 0 Å². The van der Waals surface area contributed by atoms with Gasteiger partial charge in [-0.25, -0.2) is 0 Å². The number of benzene rings is 2. The van der Waals surface area contributed by atoms with Gasteiger partial charge in [0.15, 0.2) is 5.78 Å². The molecular formula is C18H16O3. The van der Waals surface area contributed by atoms with Crippen LogP contribution in [-0.4, -0.2) is 17.9 Å². The average Bonchev–Trinajstić information content (AvgIpc) is 2.49. The van der Waals surface area contributed by atoms with E-state index in [4.69, 9.17) is 0 Å². The van der Waals surface area contributed by atoms with Crippen LogP contribution < -0.4 is 0 Å². The Hall–Kier alpha value is -2.29. The maximum atomic E-state index is 12.8. The molecule has 3 heteroatoms. The summed E-state index contributed by atoms with van der Waals surface area (Å²) < 4.78 is 0. The van der Waals surface area contributed by atoms with Crippen molar-refractivity contribution in [3.05, 3.63) is 47.5 Å². The minimum absolute atomic E-state index is 0.0691. The lowest BCUT2D eigenvalue weighted by Crippen LogP contribution is -2.33. The molecule has 3 rings (SSSR count). The highest BCUT2D eigenvalue weighted by molar-refractivity contribution is 6.13. The van der Waals surface area contributed by atoms with Crippen molar-refractivity contribution >= 4 is 28.6 Å². The van der Waals surface area contributed by atoms with Crippen LogP contribution in [0.15, 0.2) is 36.4 Å². The second-order valence-electron chi connectivity index (χ2n) is 5.60. The molecule has 2 aromatic rings. The smallest absolute Gasteiger partial charge is 0.168 e. The lowest BCUT2D eigenvalue weighted by molar-refractivity contribution is -0.127. The van der Waals surface area contributed by atoms with E-state index in [0.717, 1.165) is 22.8 Å². The SMILES string of the molecule is CC(=O)C(C=O)C1CCc2ccc3ccccc3c2C1=O. The molecular weight excluding hydrogens is 264 g/mol. The van der Waals surface area contributed by atoms with E-state index in [1.807, 2.05) is 36.4 Å². The van der Waals surface area contributed by atoms with E-state index in [9.17, 15) is 14.4 Å². The van der Waals surface area contributed by atoms with Crippen LogP contribution in [0.4, 0.5) is 0 Å². The zero-order valence-corrected chi connectivity index (χ0v) is 11.8. The molecule has 0 bridgehead atoms. The van der Waals surface area contributed by atoms with Gasteiger partial charge in [-0.3, -0.25) is 9.59 Å². The maximum Gasteiger partial charge on any atom is 0.168 e. The monoisotopic (exact) mass is 280 g/mol. The average molecular weight is 280 g/mol. The first-order valence-corrected chi connectivity index (χ1v) is 7.14. The predicted octanol–water partition coefficient (Wildman–Crippen LogP) is 2.99. The third kappa shape index (κ3) is 2.19. The summed E-state index contributed by atoms with van der Waals surface area (Å²) >= 11 is 0. The van der Waals surface area contributed by atoms with E-state index in [0.29, 0.717) is 18.3 Å². The maximum absolute atomic E-state index is 12.8. The molecule has 106 valence electrons. The van der Waals surface area contributed by atoms with Gasteiger partial charge in [0.1, 0.15) is 12.1 Å². The Morgan fingerprint density at radius 1 is 1.24 bits per heavy atom. The van der Waals surface area contributed by atoms with Crippen molar-refractivity contribution in [3.8, 4) is 0 Å². The summed E-state index contributed by atoms with van der Waals surface area (Å²) in [5.74, 6) is -1.63. The predicted molar refractivity (Wildman–Crippen MR) is 80.3 cm³/mol. The molecule has 1 aliphatic carbocycles. The summed E-state index contributed by atoms with van der Waals surface area (Å²) in [7, 11) is 0. The number of aldehydes is 1. The van der Waals surface area contributed by atoms with Crippen LogP contribution in [0.2, 0.25) is 0 Å². The molecule has 0 radical (unpaired) electrons. The molecule has 2 unspecified atom stereocenters. The Labute approximate surface area is 123 Å². The number of fused-ring (bicyclic) bond motifs is 3. The zero-order chi connectivity index (χ0) is 15.0. The van der Waals surface area contributed by atoms with Gasteiger partial charge in [0.2, 0.25) is 0 Å². The molecule has 0 fully saturated rings. The lowest BCUT2D eigenvalue weighted by Gasteiger charge is -2.27. The third-order valence-electron chi connectivity index (χ3n) is 4.37. The van der Waals surface area contributed by atoms with E-state index < -0.39 is 11.8 Å². The van der Waals surface area contributed by atoms with Crippen LogP contribution in [0.1, 0.15) is 29.3 Å². The quantitative estimate of drug-likeness (QED) is 0.641. The molecule has 2 atom stereocenters. The molecule has 0 saturated heterocycles. The van der Waals surface area contributed by atoms with Gasteiger partial charge < -0.3 is 4.79 Å². The molecule has 21 heavy (non-hydrogen) atoms. The summed E-state index contributed by atoms with van der Waals surface area (Å²) in [5, 5.41) is 1.92. The Balaban J connectivity index is 2.14. The van der Waals surface area contributed by atoms with Gasteiger partial charge in [0.05, 0.1) is 5.92 Å². The van der Waals surface area contributed by atoms with Gasteiger partial charge in [-0.05, 0) is 36.1 Å². The lowest BCUT2D eigenvalue weighted by atomic mass is 9.74. The van der Waals surface area contributed by atoms with E-state index in [1.165, 1.54) is 6.92 Å². The molecule has 0 aromatic heterocycles. The largest absolute Gasteiger partial charge is 0.303 e. The van der Waals surface area contributed by atoms with Crippen LogP contribution in [0.25, 0.3) is 10.8 Å². The van der Waals surface area contributed by atoms with Crippen molar-refractivity contribution in [2.75, 3.05) is 0 Å². The Kier molecular flexibility index (Phi) is 3.42. The van der Waals surface area contributed by atoms with Crippen LogP contribution >= 0.6 is 0 Å². The fourth-order valence-electron chi connectivity index (χ4n) is 3.26. The number of Topliss-reactive ketones (excluding diaryl/α,β-unsaturated/α-hetero) is 2. The number of carbonyl (C=O) groups excluding carboxylic acids is 3. The number of hydrogen-bond acceptors (Lipinski definition) is 3. The van der Waals surface area contributed by atoms with Crippen molar-refractivity contribution in [1.29, 1.82) is 0 Å². The van der Waals surface area contributed by atoms with Crippen molar-refractivity contribution in [2.24, 2.45) is 11.8 Å². The van der Waals surface area contributed by atoms with E-state index in [1.54, 1.807) is 0 Å². The third-order valence-corrected chi connectivity index (χ3v) is 4.37. The van der Waals surface area contributed by atoms with Gasteiger partial charge in [0, 0.05) is 11.5 Å². The highest BCUT2D eigenvalue weighted by Crippen LogP contribution is 2.34. The molecule has 0 amide bonds. The van der Waals surface area contributed by atoms with Crippen molar-refractivity contribution in [3.63, 3.8) is 0 Å². The van der Waals surface area contributed by atoms with Gasteiger partial charge in [-0.15, -0.1) is 0 Å². The molecule has 0 heterocycles. The highest BCUT2D eigenvalue weighted by atomic mass is 16.1. The fraction of sp³-hybridized carbons (Fsp3) is 0.278. The number of carbonyl (C=O) groups is 3. The first-order valence-electron chi connectivity index (χ1n) is 7.14. The van der Waals surface area contributed by atoms with Gasteiger partial charge >= 0.3 is 0 Å². The number of rotatable bonds is 3. The summed E-state index contributed by atoms with van der Waals surface area (Å²) in [4.78, 5) is 35.6. The standard InChI is InChI=1S/C18H16O3/c1-11(20)16(10-19)15-9-8-13-7-6-12-4-2-3-5-14(12)17(13)18(15)21/h2-7,10,15-16H,8-9H2,1H3. The second-order valence-corrected chi connectivity index (χ2v) is 5.60. The summed E-state index contributed by atoms with van der Waals surface area (Å²) in [5.41, 5.74) is 1.71. The molecule has 0 aliphatic heterocycles. The van der Waals surface area contributed by atoms with Crippen LogP contribution in [0.5, 0.6) is 0 Å². The summed E-state index contributed by atoms with van der Waals surface area (Å²) in [6.45, 7) is 1.38. The van der Waals surface area contributed by atoms with E-state index in [2.05, 4.69) is 0 Å². The number of hydrogen-bond donors (Lipinski definition) is 0. The molecule has 2 aromatic carbocycles. The molecule has 0 saturated carbocycles. The van der Waals surface area contributed by atoms with E-state index >= 15 is 0 Å². The van der Waals surface area contributed by atoms with Crippen LogP contribution in [0.3, 0.4) is 0 Å². The summed E-state index contributed by atoms with van der Waals surface area (Å²) in [6.07, 6.45) is 1.92. The molecule has 3 nitrogen and oxygen atoms in total.